The van der Waals surface area contributed by atoms with Gasteiger partial charge in [0.1, 0.15) is 11.3 Å². The summed E-state index contributed by atoms with van der Waals surface area (Å²) in [6, 6.07) is 5.60. The molecule has 0 amide bonds. The Balaban J connectivity index is 2.33. The first kappa shape index (κ1) is 10.8. The van der Waals surface area contributed by atoms with Crippen LogP contribution in [0.15, 0.2) is 33.4 Å². The SMILES string of the molecule is Cc1noc(C)c1-c1cc(C=O)c2occc2c1. The number of aromatic nitrogens is 1. The molecule has 0 spiro atoms. The topological polar surface area (TPSA) is 56.2 Å². The van der Waals surface area contributed by atoms with E-state index in [4.69, 9.17) is 8.94 Å². The normalized spacial score (nSPS) is 11.0. The summed E-state index contributed by atoms with van der Waals surface area (Å²) in [6.07, 6.45) is 2.38. The minimum Gasteiger partial charge on any atom is -0.464 e. The third-order valence-corrected chi connectivity index (χ3v) is 3.03. The van der Waals surface area contributed by atoms with Crippen LogP contribution < -0.4 is 0 Å². The summed E-state index contributed by atoms with van der Waals surface area (Å²) in [5, 5.41) is 4.83. The van der Waals surface area contributed by atoms with E-state index in [-0.39, 0.29) is 0 Å². The maximum absolute atomic E-state index is 11.1. The van der Waals surface area contributed by atoms with Gasteiger partial charge in [-0.3, -0.25) is 4.79 Å². The van der Waals surface area contributed by atoms with Crippen molar-refractivity contribution in [1.29, 1.82) is 0 Å². The quantitative estimate of drug-likeness (QED) is 0.644. The van der Waals surface area contributed by atoms with Crippen LogP contribution in [0, 0.1) is 13.8 Å². The summed E-state index contributed by atoms with van der Waals surface area (Å²) in [6.45, 7) is 3.74. The molecule has 0 radical (unpaired) electrons. The molecule has 90 valence electrons. The molecule has 0 N–H and O–H groups in total. The minimum atomic E-state index is 0.535. The summed E-state index contributed by atoms with van der Waals surface area (Å²) < 4.78 is 10.5. The van der Waals surface area contributed by atoms with E-state index >= 15 is 0 Å². The van der Waals surface area contributed by atoms with Crippen LogP contribution >= 0.6 is 0 Å². The van der Waals surface area contributed by atoms with Crippen molar-refractivity contribution in [3.05, 3.63) is 41.5 Å². The molecular weight excluding hydrogens is 230 g/mol. The molecule has 0 unspecified atom stereocenters. The lowest BCUT2D eigenvalue weighted by atomic mass is 10.00. The second-order valence-electron chi connectivity index (χ2n) is 4.22. The highest BCUT2D eigenvalue weighted by Crippen LogP contribution is 2.31. The van der Waals surface area contributed by atoms with Crippen molar-refractivity contribution in [1.82, 2.24) is 5.16 Å². The van der Waals surface area contributed by atoms with E-state index in [0.29, 0.717) is 11.1 Å². The van der Waals surface area contributed by atoms with Crippen LogP contribution in [0.2, 0.25) is 0 Å². The van der Waals surface area contributed by atoms with Crippen molar-refractivity contribution in [2.45, 2.75) is 13.8 Å². The molecule has 0 aliphatic heterocycles. The van der Waals surface area contributed by atoms with E-state index in [1.54, 1.807) is 12.3 Å². The number of fused-ring (bicyclic) bond motifs is 1. The van der Waals surface area contributed by atoms with E-state index in [9.17, 15) is 4.79 Å². The predicted octanol–water partition coefficient (Wildman–Crippen LogP) is 3.52. The van der Waals surface area contributed by atoms with E-state index in [1.807, 2.05) is 26.0 Å². The van der Waals surface area contributed by atoms with Crippen LogP contribution in [-0.4, -0.2) is 11.4 Å². The van der Waals surface area contributed by atoms with Crippen molar-refractivity contribution in [2.24, 2.45) is 0 Å². The van der Waals surface area contributed by atoms with Gasteiger partial charge in [-0.25, -0.2) is 0 Å². The van der Waals surface area contributed by atoms with E-state index in [1.165, 1.54) is 0 Å². The van der Waals surface area contributed by atoms with Crippen LogP contribution in [-0.2, 0) is 0 Å². The molecule has 18 heavy (non-hydrogen) atoms. The van der Waals surface area contributed by atoms with E-state index in [0.717, 1.165) is 34.3 Å². The molecule has 0 aliphatic rings. The Morgan fingerprint density at radius 2 is 2.11 bits per heavy atom. The van der Waals surface area contributed by atoms with Gasteiger partial charge in [0.05, 0.1) is 17.5 Å². The Morgan fingerprint density at radius 3 is 2.78 bits per heavy atom. The Morgan fingerprint density at radius 1 is 1.28 bits per heavy atom. The Kier molecular flexibility index (Phi) is 2.30. The fraction of sp³-hybridized carbons (Fsp3) is 0.143. The average Bonchev–Trinajstić information content (AvgIpc) is 2.95. The van der Waals surface area contributed by atoms with Gasteiger partial charge in [-0.2, -0.15) is 0 Å². The van der Waals surface area contributed by atoms with Crippen molar-refractivity contribution < 1.29 is 13.7 Å². The molecule has 2 aromatic heterocycles. The lowest BCUT2D eigenvalue weighted by molar-refractivity contribution is 0.112. The Bertz CT molecular complexity index is 717. The first-order valence-electron chi connectivity index (χ1n) is 5.60. The number of benzene rings is 1. The molecule has 0 atom stereocenters. The zero-order valence-electron chi connectivity index (χ0n) is 10.1. The second kappa shape index (κ2) is 3.84. The summed E-state index contributed by atoms with van der Waals surface area (Å²) >= 11 is 0. The maximum Gasteiger partial charge on any atom is 0.153 e. The highest BCUT2D eigenvalue weighted by Gasteiger charge is 2.14. The van der Waals surface area contributed by atoms with Crippen LogP contribution in [0.25, 0.3) is 22.1 Å². The minimum absolute atomic E-state index is 0.535. The van der Waals surface area contributed by atoms with Gasteiger partial charge in [0.2, 0.25) is 0 Å². The first-order chi connectivity index (χ1) is 8.70. The lowest BCUT2D eigenvalue weighted by Crippen LogP contribution is -1.86. The van der Waals surface area contributed by atoms with Crippen molar-refractivity contribution in [3.63, 3.8) is 0 Å². The van der Waals surface area contributed by atoms with Crippen molar-refractivity contribution in [3.8, 4) is 11.1 Å². The van der Waals surface area contributed by atoms with Gasteiger partial charge >= 0.3 is 0 Å². The van der Waals surface area contributed by atoms with Gasteiger partial charge in [0, 0.05) is 10.9 Å². The third-order valence-electron chi connectivity index (χ3n) is 3.03. The Labute approximate surface area is 103 Å². The maximum atomic E-state index is 11.1. The predicted molar refractivity (Wildman–Crippen MR) is 66.6 cm³/mol. The van der Waals surface area contributed by atoms with Gasteiger partial charge in [-0.1, -0.05) is 5.16 Å². The number of carbonyl (C=O) groups excluding carboxylic acids is 1. The van der Waals surface area contributed by atoms with E-state index < -0.39 is 0 Å². The summed E-state index contributed by atoms with van der Waals surface area (Å²) in [5.41, 5.74) is 3.81. The Hall–Kier alpha value is -2.36. The van der Waals surface area contributed by atoms with Crippen LogP contribution in [0.4, 0.5) is 0 Å². The molecule has 4 nitrogen and oxygen atoms in total. The van der Waals surface area contributed by atoms with Crippen LogP contribution in [0.3, 0.4) is 0 Å². The van der Waals surface area contributed by atoms with Crippen molar-refractivity contribution in [2.75, 3.05) is 0 Å². The molecule has 0 saturated carbocycles. The highest BCUT2D eigenvalue weighted by molar-refractivity contribution is 5.98. The summed E-state index contributed by atoms with van der Waals surface area (Å²) in [7, 11) is 0. The first-order valence-corrected chi connectivity index (χ1v) is 5.60. The lowest BCUT2D eigenvalue weighted by Gasteiger charge is -2.02. The second-order valence-corrected chi connectivity index (χ2v) is 4.22. The zero-order chi connectivity index (χ0) is 12.7. The molecule has 3 aromatic rings. The number of hydrogen-bond acceptors (Lipinski definition) is 4. The number of rotatable bonds is 2. The van der Waals surface area contributed by atoms with E-state index in [2.05, 4.69) is 5.16 Å². The van der Waals surface area contributed by atoms with Gasteiger partial charge in [-0.05, 0) is 37.6 Å². The van der Waals surface area contributed by atoms with Gasteiger partial charge in [0.25, 0.3) is 0 Å². The zero-order valence-corrected chi connectivity index (χ0v) is 10.1. The number of carbonyl (C=O) groups is 1. The number of aldehydes is 1. The van der Waals surface area contributed by atoms with Gasteiger partial charge in [-0.15, -0.1) is 0 Å². The monoisotopic (exact) mass is 241 g/mol. The molecule has 0 bridgehead atoms. The molecule has 0 fully saturated rings. The smallest absolute Gasteiger partial charge is 0.153 e. The molecule has 3 rings (SSSR count). The number of furan rings is 1. The number of nitrogens with zero attached hydrogens (tertiary/aromatic N) is 1. The third kappa shape index (κ3) is 1.46. The highest BCUT2D eigenvalue weighted by atomic mass is 16.5. The van der Waals surface area contributed by atoms with Crippen LogP contribution in [0.5, 0.6) is 0 Å². The van der Waals surface area contributed by atoms with Gasteiger partial charge < -0.3 is 8.94 Å². The summed E-state index contributed by atoms with van der Waals surface area (Å²) in [4.78, 5) is 11.1. The standard InChI is InChI=1S/C14H11NO3/c1-8-13(9(2)18-15-8)11-5-10-3-4-17-14(10)12(6-11)7-16/h3-7H,1-2H3. The molecule has 1 aromatic carbocycles. The molecule has 0 aliphatic carbocycles. The van der Waals surface area contributed by atoms with Gasteiger partial charge in [0.15, 0.2) is 6.29 Å². The number of aryl methyl sites for hydroxylation is 2. The average molecular weight is 241 g/mol. The fourth-order valence-electron chi connectivity index (χ4n) is 2.24. The van der Waals surface area contributed by atoms with Crippen LogP contribution in [0.1, 0.15) is 21.8 Å². The molecule has 2 heterocycles. The number of hydrogen-bond donors (Lipinski definition) is 0. The largest absolute Gasteiger partial charge is 0.464 e. The molecular formula is C14H11NO3. The summed E-state index contributed by atoms with van der Waals surface area (Å²) in [5.74, 6) is 0.743. The van der Waals surface area contributed by atoms with Crippen molar-refractivity contribution >= 4 is 17.3 Å². The fourth-order valence-corrected chi connectivity index (χ4v) is 2.24. The molecule has 4 heteroatoms. The molecule has 0 saturated heterocycles.